The van der Waals surface area contributed by atoms with Crippen molar-refractivity contribution in [2.45, 2.75) is 13.8 Å². The Morgan fingerprint density at radius 2 is 1.93 bits per heavy atom. The van der Waals surface area contributed by atoms with Crippen molar-refractivity contribution in [2.75, 3.05) is 7.11 Å². The molecule has 2 aromatic rings. The maximum absolute atomic E-state index is 5.95. The fourth-order valence-electron chi connectivity index (χ4n) is 1.67. The van der Waals surface area contributed by atoms with E-state index in [2.05, 4.69) is 9.97 Å². The van der Waals surface area contributed by atoms with Gasteiger partial charge in [-0.15, -0.1) is 0 Å². The van der Waals surface area contributed by atoms with E-state index in [0.29, 0.717) is 11.2 Å². The fraction of sp³-hybridized carbons (Fsp3) is 0.273. The molecule has 1 heterocycles. The quantitative estimate of drug-likeness (QED) is 0.642. The predicted molar refractivity (Wildman–Crippen MR) is 61.0 cm³/mol. The van der Waals surface area contributed by atoms with E-state index in [9.17, 15) is 0 Å². The summed E-state index contributed by atoms with van der Waals surface area (Å²) < 4.78 is 5.15. The van der Waals surface area contributed by atoms with Crippen LogP contribution in [0.3, 0.4) is 0 Å². The number of methoxy groups -OCH3 is 1. The molecule has 0 saturated heterocycles. The lowest BCUT2D eigenvalue weighted by Gasteiger charge is -2.09. The molecule has 0 aliphatic rings. The van der Waals surface area contributed by atoms with Crippen LogP contribution in [-0.2, 0) is 0 Å². The van der Waals surface area contributed by atoms with Gasteiger partial charge in [0.15, 0.2) is 0 Å². The minimum Gasteiger partial charge on any atom is -0.497 e. The maximum Gasteiger partial charge on any atom is 0.126 e. The highest BCUT2D eigenvalue weighted by molar-refractivity contribution is 6.40. The number of aromatic nitrogens is 2. The predicted octanol–water partition coefficient (Wildman–Crippen LogP) is 1.05. The van der Waals surface area contributed by atoms with Gasteiger partial charge in [0.25, 0.3) is 0 Å². The van der Waals surface area contributed by atoms with Crippen molar-refractivity contribution in [1.29, 1.82) is 0 Å². The van der Waals surface area contributed by atoms with Gasteiger partial charge in [-0.05, 0) is 31.4 Å². The van der Waals surface area contributed by atoms with Crippen LogP contribution < -0.4 is 10.2 Å². The number of hydrogen-bond acceptors (Lipinski definition) is 3. The van der Waals surface area contributed by atoms with Crippen LogP contribution in [0.5, 0.6) is 5.75 Å². The highest BCUT2D eigenvalue weighted by Crippen LogP contribution is 2.18. The molecule has 1 aromatic heterocycles. The van der Waals surface area contributed by atoms with Crippen LogP contribution in [0.4, 0.5) is 0 Å². The normalized spacial score (nSPS) is 10.6. The van der Waals surface area contributed by atoms with E-state index in [1.807, 2.05) is 26.0 Å². The van der Waals surface area contributed by atoms with Crippen molar-refractivity contribution in [3.05, 3.63) is 23.7 Å². The fourth-order valence-corrected chi connectivity index (χ4v) is 1.67. The van der Waals surface area contributed by atoms with Gasteiger partial charge in [0.1, 0.15) is 19.4 Å². The van der Waals surface area contributed by atoms with E-state index in [4.69, 9.17) is 12.6 Å². The van der Waals surface area contributed by atoms with Crippen LogP contribution in [0.1, 0.15) is 11.5 Å². The van der Waals surface area contributed by atoms with E-state index < -0.39 is 0 Å². The maximum atomic E-state index is 5.95. The number of nitrogens with zero attached hydrogens (tertiary/aromatic N) is 2. The first-order valence-corrected chi connectivity index (χ1v) is 4.71. The minimum absolute atomic E-state index is 0.573. The molecular weight excluding hydrogens is 187 g/mol. The number of rotatable bonds is 1. The second-order valence-corrected chi connectivity index (χ2v) is 3.43. The second-order valence-electron chi connectivity index (χ2n) is 3.43. The molecular formula is C11H11BN2O. The van der Waals surface area contributed by atoms with Gasteiger partial charge in [-0.2, -0.15) is 0 Å². The lowest BCUT2D eigenvalue weighted by Crippen LogP contribution is -2.11. The molecule has 0 amide bonds. The summed E-state index contributed by atoms with van der Waals surface area (Å²) >= 11 is 0. The molecule has 0 aliphatic heterocycles. The summed E-state index contributed by atoms with van der Waals surface area (Å²) in [4.78, 5) is 8.62. The smallest absolute Gasteiger partial charge is 0.126 e. The molecule has 1 aromatic carbocycles. The Kier molecular flexibility index (Phi) is 2.35. The molecule has 74 valence electrons. The summed E-state index contributed by atoms with van der Waals surface area (Å²) in [6, 6.07) is 3.77. The molecule has 15 heavy (non-hydrogen) atoms. The highest BCUT2D eigenvalue weighted by atomic mass is 16.5. The molecule has 0 N–H and O–H groups in total. The number of benzene rings is 1. The van der Waals surface area contributed by atoms with Gasteiger partial charge in [-0.1, -0.05) is 0 Å². The van der Waals surface area contributed by atoms with Gasteiger partial charge in [0, 0.05) is 11.1 Å². The number of hydrogen-bond donors (Lipinski definition) is 0. The molecule has 2 radical (unpaired) electrons. The standard InChI is InChI=1S/C11H11BN2O/c1-6-8-4-5-9(15-3)10(12)11(8)14-7(2)13-6/h4-5H,1-3H3. The average molecular weight is 198 g/mol. The van der Waals surface area contributed by atoms with Crippen molar-refractivity contribution >= 4 is 24.2 Å². The third-order valence-corrected chi connectivity index (χ3v) is 2.39. The van der Waals surface area contributed by atoms with E-state index in [1.165, 1.54) is 0 Å². The first-order chi connectivity index (χ1) is 7.13. The van der Waals surface area contributed by atoms with Gasteiger partial charge in [-0.3, -0.25) is 0 Å². The molecule has 0 bridgehead atoms. The van der Waals surface area contributed by atoms with E-state index in [1.54, 1.807) is 7.11 Å². The molecule has 2 rings (SSSR count). The number of aryl methyl sites for hydroxylation is 2. The molecule has 0 fully saturated rings. The average Bonchev–Trinajstić information content (AvgIpc) is 2.19. The van der Waals surface area contributed by atoms with E-state index in [0.717, 1.165) is 22.4 Å². The zero-order chi connectivity index (χ0) is 11.0. The summed E-state index contributed by atoms with van der Waals surface area (Å²) in [5.74, 6) is 1.37. The van der Waals surface area contributed by atoms with Crippen molar-refractivity contribution in [3.63, 3.8) is 0 Å². The van der Waals surface area contributed by atoms with Crippen LogP contribution >= 0.6 is 0 Å². The molecule has 0 saturated carbocycles. The first kappa shape index (κ1) is 9.96. The first-order valence-electron chi connectivity index (χ1n) is 4.71. The largest absolute Gasteiger partial charge is 0.497 e. The zero-order valence-electron chi connectivity index (χ0n) is 9.03. The Labute approximate surface area is 89.9 Å². The monoisotopic (exact) mass is 198 g/mol. The summed E-state index contributed by atoms with van der Waals surface area (Å²) in [5.41, 5.74) is 2.27. The van der Waals surface area contributed by atoms with Crippen LogP contribution in [-0.4, -0.2) is 24.9 Å². The highest BCUT2D eigenvalue weighted by Gasteiger charge is 2.07. The topological polar surface area (TPSA) is 35.0 Å². The SMILES string of the molecule is [B]c1c(OC)ccc2c(C)nc(C)nc12. The Morgan fingerprint density at radius 1 is 1.20 bits per heavy atom. The Hall–Kier alpha value is -1.58. The van der Waals surface area contributed by atoms with E-state index in [-0.39, 0.29) is 0 Å². The number of ether oxygens (including phenoxy) is 1. The summed E-state index contributed by atoms with van der Waals surface area (Å²) in [5, 5.41) is 0.971. The number of fused-ring (bicyclic) bond motifs is 1. The van der Waals surface area contributed by atoms with Crippen molar-refractivity contribution in [2.24, 2.45) is 0 Å². The van der Waals surface area contributed by atoms with Crippen molar-refractivity contribution in [3.8, 4) is 5.75 Å². The van der Waals surface area contributed by atoms with Crippen LogP contribution in [0.15, 0.2) is 12.1 Å². The summed E-state index contributed by atoms with van der Waals surface area (Å²) in [6.07, 6.45) is 0. The lowest BCUT2D eigenvalue weighted by molar-refractivity contribution is 0.418. The van der Waals surface area contributed by atoms with E-state index >= 15 is 0 Å². The Balaban J connectivity index is 2.86. The minimum atomic E-state index is 0.573. The molecule has 0 atom stereocenters. The van der Waals surface area contributed by atoms with Crippen molar-refractivity contribution < 1.29 is 4.74 Å². The van der Waals surface area contributed by atoms with Crippen LogP contribution in [0.2, 0.25) is 0 Å². The second kappa shape index (κ2) is 3.53. The van der Waals surface area contributed by atoms with Crippen LogP contribution in [0, 0.1) is 13.8 Å². The lowest BCUT2D eigenvalue weighted by atomic mass is 9.91. The van der Waals surface area contributed by atoms with Gasteiger partial charge < -0.3 is 4.74 Å². The molecule has 0 spiro atoms. The van der Waals surface area contributed by atoms with Crippen molar-refractivity contribution in [1.82, 2.24) is 9.97 Å². The van der Waals surface area contributed by atoms with Gasteiger partial charge >= 0.3 is 0 Å². The summed E-state index contributed by atoms with van der Waals surface area (Å²) in [7, 11) is 7.55. The van der Waals surface area contributed by atoms with Gasteiger partial charge in [-0.25, -0.2) is 9.97 Å². The third kappa shape index (κ3) is 1.56. The molecule has 3 nitrogen and oxygen atoms in total. The van der Waals surface area contributed by atoms with Crippen LogP contribution in [0.25, 0.3) is 10.9 Å². The van der Waals surface area contributed by atoms with Gasteiger partial charge in [0.05, 0.1) is 12.6 Å². The third-order valence-electron chi connectivity index (χ3n) is 2.39. The Morgan fingerprint density at radius 3 is 2.60 bits per heavy atom. The van der Waals surface area contributed by atoms with Gasteiger partial charge in [0.2, 0.25) is 0 Å². The Bertz CT molecular complexity index is 525. The summed E-state index contributed by atoms with van der Waals surface area (Å²) in [6.45, 7) is 3.80. The zero-order valence-corrected chi connectivity index (χ0v) is 9.03. The molecule has 4 heteroatoms. The molecule has 0 unspecified atom stereocenters. The molecule has 0 aliphatic carbocycles.